The largest absolute Gasteiger partial charge is 0.0843 e. The molecule has 2 aliphatic carbocycles. The summed E-state index contributed by atoms with van der Waals surface area (Å²) in [5.41, 5.74) is 10.3. The minimum Gasteiger partial charge on any atom is -0.0843 e. The van der Waals surface area contributed by atoms with Crippen LogP contribution in [-0.2, 0) is 10.8 Å². The Bertz CT molecular complexity index is 1100. The first-order valence-electron chi connectivity index (χ1n) is 9.01. The molecule has 0 amide bonds. The molecule has 3 aromatic carbocycles. The van der Waals surface area contributed by atoms with Crippen molar-refractivity contribution in [1.82, 2.24) is 0 Å². The van der Waals surface area contributed by atoms with Gasteiger partial charge in [0.15, 0.2) is 0 Å². The fourth-order valence-electron chi connectivity index (χ4n) is 4.96. The molecular weight excluding hydrogens is 359 g/mol. The van der Waals surface area contributed by atoms with Crippen molar-refractivity contribution in [2.75, 3.05) is 0 Å². The Balaban J connectivity index is 1.88. The molecule has 0 unspecified atom stereocenters. The van der Waals surface area contributed by atoms with Gasteiger partial charge in [0.1, 0.15) is 0 Å². The van der Waals surface area contributed by atoms with E-state index >= 15 is 0 Å². The molecule has 0 saturated carbocycles. The lowest BCUT2D eigenvalue weighted by Crippen LogP contribution is -2.17. The van der Waals surface area contributed by atoms with Gasteiger partial charge in [0.2, 0.25) is 0 Å². The molecule has 2 aliphatic rings. The maximum absolute atomic E-state index is 6.66. The van der Waals surface area contributed by atoms with Crippen LogP contribution in [0.3, 0.4) is 0 Å². The Kier molecular flexibility index (Phi) is 3.12. The third-order valence-corrected chi connectivity index (χ3v) is 6.91. The van der Waals surface area contributed by atoms with Crippen LogP contribution in [-0.4, -0.2) is 0 Å². The predicted molar refractivity (Wildman–Crippen MR) is 112 cm³/mol. The molecule has 0 bridgehead atoms. The number of benzene rings is 3. The molecule has 2 heteroatoms. The summed E-state index contributed by atoms with van der Waals surface area (Å²) in [6.07, 6.45) is 0. The van der Waals surface area contributed by atoms with Gasteiger partial charge in [0, 0.05) is 21.4 Å². The van der Waals surface area contributed by atoms with Gasteiger partial charge in [-0.25, -0.2) is 0 Å². The van der Waals surface area contributed by atoms with E-state index in [2.05, 4.69) is 70.2 Å². The SMILES string of the molecule is CC1(C)c2ccccc2-c2cc3c(cc21)-c1c(Cl)cc(Cl)cc1C3(C)C. The Labute approximate surface area is 164 Å². The highest BCUT2D eigenvalue weighted by atomic mass is 35.5. The van der Waals surface area contributed by atoms with Gasteiger partial charge in [-0.15, -0.1) is 0 Å². The van der Waals surface area contributed by atoms with Crippen molar-refractivity contribution in [3.05, 3.63) is 80.8 Å². The molecule has 26 heavy (non-hydrogen) atoms. The van der Waals surface area contributed by atoms with Crippen molar-refractivity contribution in [2.45, 2.75) is 38.5 Å². The number of halogens is 2. The van der Waals surface area contributed by atoms with Gasteiger partial charge in [-0.1, -0.05) is 75.2 Å². The Morgan fingerprint density at radius 1 is 0.615 bits per heavy atom. The fourth-order valence-corrected chi connectivity index (χ4v) is 5.55. The Morgan fingerprint density at radius 3 is 2.00 bits per heavy atom. The van der Waals surface area contributed by atoms with Crippen LogP contribution in [0.15, 0.2) is 48.5 Å². The van der Waals surface area contributed by atoms with Gasteiger partial charge in [0.05, 0.1) is 5.02 Å². The van der Waals surface area contributed by atoms with Crippen molar-refractivity contribution >= 4 is 23.2 Å². The summed E-state index contributed by atoms with van der Waals surface area (Å²) in [6.45, 7) is 9.16. The summed E-state index contributed by atoms with van der Waals surface area (Å²) < 4.78 is 0. The standard InChI is InChI=1S/C24H20Cl2/c1-23(2)17-8-6-5-7-14(17)15-11-19-16(12-18(15)23)22-20(24(19,3)4)9-13(25)10-21(22)26/h5-12H,1-4H3. The number of rotatable bonds is 0. The fraction of sp³-hybridized carbons (Fsp3) is 0.250. The van der Waals surface area contributed by atoms with Gasteiger partial charge in [-0.2, -0.15) is 0 Å². The average molecular weight is 379 g/mol. The third-order valence-electron chi connectivity index (χ3n) is 6.39. The zero-order valence-electron chi connectivity index (χ0n) is 15.4. The van der Waals surface area contributed by atoms with Crippen LogP contribution in [0.4, 0.5) is 0 Å². The average Bonchev–Trinajstić information content (AvgIpc) is 2.94. The van der Waals surface area contributed by atoms with E-state index in [0.29, 0.717) is 5.02 Å². The van der Waals surface area contributed by atoms with E-state index < -0.39 is 0 Å². The summed E-state index contributed by atoms with van der Waals surface area (Å²) in [7, 11) is 0. The number of fused-ring (bicyclic) bond motifs is 6. The van der Waals surface area contributed by atoms with E-state index in [1.165, 1.54) is 38.9 Å². The third kappa shape index (κ3) is 1.87. The quantitative estimate of drug-likeness (QED) is 0.377. The van der Waals surface area contributed by atoms with Crippen LogP contribution in [0.25, 0.3) is 22.3 Å². The first-order chi connectivity index (χ1) is 12.2. The van der Waals surface area contributed by atoms with Crippen molar-refractivity contribution in [1.29, 1.82) is 0 Å². The van der Waals surface area contributed by atoms with E-state index in [1.54, 1.807) is 0 Å². The number of hydrogen-bond donors (Lipinski definition) is 0. The van der Waals surface area contributed by atoms with Crippen LogP contribution in [0.2, 0.25) is 10.0 Å². The topological polar surface area (TPSA) is 0 Å². The van der Waals surface area contributed by atoms with Gasteiger partial charge < -0.3 is 0 Å². The molecule has 0 saturated heterocycles. The number of hydrogen-bond acceptors (Lipinski definition) is 0. The molecule has 0 N–H and O–H groups in total. The highest BCUT2D eigenvalue weighted by Crippen LogP contribution is 2.57. The van der Waals surface area contributed by atoms with Crippen LogP contribution in [0.1, 0.15) is 49.9 Å². The lowest BCUT2D eigenvalue weighted by atomic mass is 9.79. The first-order valence-corrected chi connectivity index (χ1v) is 9.77. The van der Waals surface area contributed by atoms with Gasteiger partial charge >= 0.3 is 0 Å². The summed E-state index contributed by atoms with van der Waals surface area (Å²) >= 11 is 13.0. The highest BCUT2D eigenvalue weighted by Gasteiger charge is 2.42. The normalized spacial score (nSPS) is 17.5. The molecule has 5 rings (SSSR count). The lowest BCUT2D eigenvalue weighted by Gasteiger charge is -2.24. The van der Waals surface area contributed by atoms with Crippen LogP contribution >= 0.6 is 23.2 Å². The minimum absolute atomic E-state index is 0.00719. The lowest BCUT2D eigenvalue weighted by molar-refractivity contribution is 0.652. The van der Waals surface area contributed by atoms with E-state index in [-0.39, 0.29) is 10.8 Å². The van der Waals surface area contributed by atoms with Crippen molar-refractivity contribution in [3.63, 3.8) is 0 Å². The smallest absolute Gasteiger partial charge is 0.0502 e. The Morgan fingerprint density at radius 2 is 1.23 bits per heavy atom. The Hall–Kier alpha value is -1.76. The summed E-state index contributed by atoms with van der Waals surface area (Å²) in [4.78, 5) is 0. The van der Waals surface area contributed by atoms with Crippen LogP contribution < -0.4 is 0 Å². The molecule has 0 aromatic heterocycles. The molecule has 3 aromatic rings. The summed E-state index contributed by atoms with van der Waals surface area (Å²) in [6, 6.07) is 17.5. The highest BCUT2D eigenvalue weighted by molar-refractivity contribution is 6.37. The van der Waals surface area contributed by atoms with E-state index in [1.807, 2.05) is 6.07 Å². The van der Waals surface area contributed by atoms with E-state index in [9.17, 15) is 0 Å². The van der Waals surface area contributed by atoms with Crippen LogP contribution in [0.5, 0.6) is 0 Å². The van der Waals surface area contributed by atoms with Crippen molar-refractivity contribution < 1.29 is 0 Å². The summed E-state index contributed by atoms with van der Waals surface area (Å²) in [5.74, 6) is 0. The van der Waals surface area contributed by atoms with Gasteiger partial charge in [-0.3, -0.25) is 0 Å². The molecule has 0 radical (unpaired) electrons. The monoisotopic (exact) mass is 378 g/mol. The second-order valence-electron chi connectivity index (χ2n) is 8.55. The zero-order chi connectivity index (χ0) is 18.4. The maximum Gasteiger partial charge on any atom is 0.0502 e. The second kappa shape index (κ2) is 4.94. The second-order valence-corrected chi connectivity index (χ2v) is 9.39. The van der Waals surface area contributed by atoms with Gasteiger partial charge in [-0.05, 0) is 63.2 Å². The van der Waals surface area contributed by atoms with Gasteiger partial charge in [0.25, 0.3) is 0 Å². The molecule has 0 aliphatic heterocycles. The molecular formula is C24H20Cl2. The van der Waals surface area contributed by atoms with Crippen molar-refractivity contribution in [2.24, 2.45) is 0 Å². The van der Waals surface area contributed by atoms with Crippen LogP contribution in [0, 0.1) is 0 Å². The van der Waals surface area contributed by atoms with Crippen molar-refractivity contribution in [3.8, 4) is 22.3 Å². The molecule has 0 heterocycles. The maximum atomic E-state index is 6.66. The molecule has 0 fully saturated rings. The molecule has 0 atom stereocenters. The van der Waals surface area contributed by atoms with E-state index in [4.69, 9.17) is 23.2 Å². The zero-order valence-corrected chi connectivity index (χ0v) is 16.9. The predicted octanol–water partition coefficient (Wildman–Crippen LogP) is 7.61. The minimum atomic E-state index is -0.115. The molecule has 130 valence electrons. The molecule has 0 nitrogen and oxygen atoms in total. The molecule has 0 spiro atoms. The summed E-state index contributed by atoms with van der Waals surface area (Å²) in [5, 5.41) is 1.44. The van der Waals surface area contributed by atoms with E-state index in [0.717, 1.165) is 10.6 Å². The first kappa shape index (κ1) is 16.4.